The molecule has 0 spiro atoms. The molecule has 1 aliphatic rings. The summed E-state index contributed by atoms with van der Waals surface area (Å²) in [5.74, 6) is 0.672. The molecule has 1 nitrogen and oxygen atoms in total. The topological polar surface area (TPSA) is 12.0 Å². The lowest BCUT2D eigenvalue weighted by atomic mass is 9.84. The van der Waals surface area contributed by atoms with Crippen molar-refractivity contribution in [3.8, 4) is 0 Å². The van der Waals surface area contributed by atoms with Crippen LogP contribution in [0.25, 0.3) is 0 Å². The maximum atomic E-state index is 3.62. The maximum Gasteiger partial charge on any atom is 0.0346 e. The predicted octanol–water partition coefficient (Wildman–Crippen LogP) is 3.15. The van der Waals surface area contributed by atoms with Gasteiger partial charge in [-0.05, 0) is 55.0 Å². The van der Waals surface area contributed by atoms with Gasteiger partial charge in [-0.3, -0.25) is 0 Å². The van der Waals surface area contributed by atoms with Crippen LogP contribution in [-0.4, -0.2) is 6.54 Å². The lowest BCUT2D eigenvalue weighted by Gasteiger charge is -2.31. The van der Waals surface area contributed by atoms with E-state index in [4.69, 9.17) is 0 Å². The van der Waals surface area contributed by atoms with E-state index in [-0.39, 0.29) is 0 Å². The lowest BCUT2D eigenvalue weighted by Crippen LogP contribution is -2.33. The minimum Gasteiger partial charge on any atom is -0.309 e. The summed E-state index contributed by atoms with van der Waals surface area (Å²) in [5.41, 5.74) is 6.05. The van der Waals surface area contributed by atoms with E-state index in [0.717, 1.165) is 6.54 Å². The normalized spacial score (nSPS) is 20.5. The maximum absolute atomic E-state index is 3.62. The van der Waals surface area contributed by atoms with Crippen LogP contribution in [0.4, 0.5) is 0 Å². The molecule has 0 fully saturated rings. The van der Waals surface area contributed by atoms with Gasteiger partial charge in [-0.15, -0.1) is 0 Å². The molecule has 1 aromatic rings. The highest BCUT2D eigenvalue weighted by atomic mass is 14.9. The van der Waals surface area contributed by atoms with E-state index >= 15 is 0 Å². The van der Waals surface area contributed by atoms with Gasteiger partial charge >= 0.3 is 0 Å². The van der Waals surface area contributed by atoms with Crippen molar-refractivity contribution in [1.82, 2.24) is 5.32 Å². The second-order valence-corrected chi connectivity index (χ2v) is 5.00. The van der Waals surface area contributed by atoms with Crippen LogP contribution in [-0.2, 0) is 6.42 Å². The number of hydrogen-bond acceptors (Lipinski definition) is 1. The Balaban J connectivity index is 2.49. The van der Waals surface area contributed by atoms with E-state index in [1.54, 1.807) is 5.56 Å². The summed E-state index contributed by atoms with van der Waals surface area (Å²) in [6.45, 7) is 10.2. The van der Waals surface area contributed by atoms with Crippen LogP contribution >= 0.6 is 0 Å². The van der Waals surface area contributed by atoms with E-state index in [1.807, 2.05) is 0 Å². The molecule has 15 heavy (non-hydrogen) atoms. The van der Waals surface area contributed by atoms with Gasteiger partial charge in [0.25, 0.3) is 0 Å². The fraction of sp³-hybridized carbons (Fsp3) is 0.571. The van der Waals surface area contributed by atoms with Gasteiger partial charge in [-0.1, -0.05) is 26.0 Å². The lowest BCUT2D eigenvalue weighted by molar-refractivity contribution is 0.394. The molecular weight excluding hydrogens is 182 g/mol. The summed E-state index contributed by atoms with van der Waals surface area (Å²) in [6, 6.07) is 5.12. The van der Waals surface area contributed by atoms with Crippen LogP contribution in [0.5, 0.6) is 0 Å². The van der Waals surface area contributed by atoms with E-state index in [0.29, 0.717) is 12.0 Å². The van der Waals surface area contributed by atoms with Crippen LogP contribution < -0.4 is 5.32 Å². The first kappa shape index (κ1) is 10.7. The summed E-state index contributed by atoms with van der Waals surface area (Å²) >= 11 is 0. The van der Waals surface area contributed by atoms with Gasteiger partial charge in [0.2, 0.25) is 0 Å². The highest BCUT2D eigenvalue weighted by Crippen LogP contribution is 2.31. The van der Waals surface area contributed by atoms with Gasteiger partial charge in [-0.25, -0.2) is 0 Å². The van der Waals surface area contributed by atoms with E-state index in [9.17, 15) is 0 Å². The smallest absolute Gasteiger partial charge is 0.0346 e. The average molecular weight is 203 g/mol. The van der Waals surface area contributed by atoms with Gasteiger partial charge in [0.05, 0.1) is 0 Å². The molecule has 1 heteroatoms. The summed E-state index contributed by atoms with van der Waals surface area (Å²) in [4.78, 5) is 0. The molecule has 0 amide bonds. The Hall–Kier alpha value is -0.820. The molecule has 82 valence electrons. The van der Waals surface area contributed by atoms with Crippen LogP contribution in [0, 0.1) is 19.8 Å². The number of hydrogen-bond donors (Lipinski definition) is 1. The van der Waals surface area contributed by atoms with E-state index < -0.39 is 0 Å². The molecule has 2 rings (SSSR count). The molecule has 0 aliphatic carbocycles. The van der Waals surface area contributed by atoms with Gasteiger partial charge < -0.3 is 5.32 Å². The summed E-state index contributed by atoms with van der Waals surface area (Å²) in [5, 5.41) is 3.62. The third kappa shape index (κ3) is 1.81. The second-order valence-electron chi connectivity index (χ2n) is 5.00. The Labute approximate surface area is 92.9 Å². The van der Waals surface area contributed by atoms with Crippen LogP contribution in [0.15, 0.2) is 12.1 Å². The molecule has 0 saturated carbocycles. The average Bonchev–Trinajstić information content (AvgIpc) is 2.23. The monoisotopic (exact) mass is 203 g/mol. The third-order valence-electron chi connectivity index (χ3n) is 3.65. The molecule has 0 saturated heterocycles. The Morgan fingerprint density at radius 1 is 1.27 bits per heavy atom. The molecule has 1 unspecified atom stereocenters. The minimum absolute atomic E-state index is 0.549. The first-order chi connectivity index (χ1) is 7.11. The highest BCUT2D eigenvalue weighted by Gasteiger charge is 2.23. The summed E-state index contributed by atoms with van der Waals surface area (Å²) < 4.78 is 0. The zero-order chi connectivity index (χ0) is 11.0. The van der Waals surface area contributed by atoms with Gasteiger partial charge in [0, 0.05) is 6.04 Å². The molecule has 0 radical (unpaired) electrons. The Morgan fingerprint density at radius 2 is 2.00 bits per heavy atom. The van der Waals surface area contributed by atoms with Crippen molar-refractivity contribution >= 4 is 0 Å². The van der Waals surface area contributed by atoms with Crippen molar-refractivity contribution in [3.63, 3.8) is 0 Å². The molecule has 0 bridgehead atoms. The molecule has 1 atom stereocenters. The zero-order valence-electron chi connectivity index (χ0n) is 10.2. The Bertz CT molecular complexity index is 366. The van der Waals surface area contributed by atoms with Crippen LogP contribution in [0.3, 0.4) is 0 Å². The number of fused-ring (bicyclic) bond motifs is 1. The molecule has 1 heterocycles. The van der Waals surface area contributed by atoms with Crippen molar-refractivity contribution in [1.29, 1.82) is 0 Å². The number of rotatable bonds is 1. The Morgan fingerprint density at radius 3 is 2.67 bits per heavy atom. The predicted molar refractivity (Wildman–Crippen MR) is 65.2 cm³/mol. The fourth-order valence-electron chi connectivity index (χ4n) is 2.58. The van der Waals surface area contributed by atoms with Crippen LogP contribution in [0.2, 0.25) is 0 Å². The Kier molecular flexibility index (Phi) is 2.83. The summed E-state index contributed by atoms with van der Waals surface area (Å²) in [6.07, 6.45) is 1.19. The number of aryl methyl sites for hydroxylation is 1. The summed E-state index contributed by atoms with van der Waals surface area (Å²) in [7, 11) is 0. The van der Waals surface area contributed by atoms with Gasteiger partial charge in [0.15, 0.2) is 0 Å². The van der Waals surface area contributed by atoms with E-state index in [1.165, 1.54) is 23.1 Å². The molecule has 1 aromatic carbocycles. The van der Waals surface area contributed by atoms with Crippen molar-refractivity contribution in [2.24, 2.45) is 5.92 Å². The quantitative estimate of drug-likeness (QED) is 0.739. The highest BCUT2D eigenvalue weighted by molar-refractivity contribution is 5.43. The van der Waals surface area contributed by atoms with Crippen molar-refractivity contribution in [2.75, 3.05) is 6.54 Å². The van der Waals surface area contributed by atoms with Gasteiger partial charge in [0.1, 0.15) is 0 Å². The SMILES string of the molecule is Cc1ccc2c(c1C)CCNC2C(C)C. The number of benzene rings is 1. The third-order valence-corrected chi connectivity index (χ3v) is 3.65. The second kappa shape index (κ2) is 3.97. The van der Waals surface area contributed by atoms with Crippen molar-refractivity contribution in [3.05, 3.63) is 34.4 Å². The minimum atomic E-state index is 0.549. The first-order valence-electron chi connectivity index (χ1n) is 5.93. The fourth-order valence-corrected chi connectivity index (χ4v) is 2.58. The molecule has 1 aliphatic heterocycles. The molecule has 1 N–H and O–H groups in total. The molecular formula is C14H21N. The molecule has 0 aromatic heterocycles. The zero-order valence-corrected chi connectivity index (χ0v) is 10.2. The standard InChI is InChI=1S/C14H21N/c1-9(2)14-13-6-5-10(3)11(4)12(13)7-8-15-14/h5-6,9,14-15H,7-8H2,1-4H3. The van der Waals surface area contributed by atoms with Gasteiger partial charge in [-0.2, -0.15) is 0 Å². The first-order valence-corrected chi connectivity index (χ1v) is 5.93. The van der Waals surface area contributed by atoms with Crippen molar-refractivity contribution < 1.29 is 0 Å². The van der Waals surface area contributed by atoms with Crippen molar-refractivity contribution in [2.45, 2.75) is 40.2 Å². The van der Waals surface area contributed by atoms with Crippen LogP contribution in [0.1, 0.15) is 42.1 Å². The largest absolute Gasteiger partial charge is 0.309 e. The van der Waals surface area contributed by atoms with E-state index in [2.05, 4.69) is 45.1 Å². The number of nitrogens with one attached hydrogen (secondary N) is 1.